The van der Waals surface area contributed by atoms with E-state index in [1.165, 1.54) is 59.0 Å². The summed E-state index contributed by atoms with van der Waals surface area (Å²) in [5.74, 6) is 2.26. The van der Waals surface area contributed by atoms with Crippen molar-refractivity contribution >= 4 is 63.6 Å². The number of hydrogen-bond donors (Lipinski definition) is 6. The molecule has 0 aliphatic carbocycles. The zero-order valence-corrected chi connectivity index (χ0v) is 74.3. The molecule has 0 bridgehead atoms. The number of aliphatic hydroxyl groups is 3. The van der Waals surface area contributed by atoms with Crippen molar-refractivity contribution in [3.63, 3.8) is 0 Å². The van der Waals surface area contributed by atoms with Crippen LogP contribution >= 0.6 is 0 Å². The van der Waals surface area contributed by atoms with Gasteiger partial charge in [-0.1, -0.05) is 12.1 Å². The maximum absolute atomic E-state index is 15.0. The van der Waals surface area contributed by atoms with E-state index in [9.17, 15) is 54.3 Å². The van der Waals surface area contributed by atoms with Gasteiger partial charge in [0.2, 0.25) is 0 Å². The Balaban J connectivity index is 0.000000145. The number of aromatic nitrogens is 6. The predicted molar refractivity (Wildman–Crippen MR) is 489 cm³/mol. The first-order chi connectivity index (χ1) is 64.7. The van der Waals surface area contributed by atoms with Crippen LogP contribution in [0.25, 0.3) is 34.2 Å². The normalized spacial score (nSPS) is 22.5. The molecule has 9 aliphatic rings. The van der Waals surface area contributed by atoms with E-state index in [0.29, 0.717) is 75.8 Å². The van der Waals surface area contributed by atoms with Crippen LogP contribution in [0.2, 0.25) is 0 Å². The van der Waals surface area contributed by atoms with Crippen LogP contribution in [0.4, 0.5) is 59.1 Å². The lowest BCUT2D eigenvalue weighted by Gasteiger charge is -2.44. The smallest absolute Gasteiger partial charge is 0.253 e. The molecule has 36 heteroatoms. The highest BCUT2D eigenvalue weighted by Crippen LogP contribution is 2.39. The van der Waals surface area contributed by atoms with E-state index in [0.717, 1.165) is 122 Å². The highest BCUT2D eigenvalue weighted by molar-refractivity contribution is 5.82. The number of hydrogen-bond acceptors (Lipinski definition) is 30. The van der Waals surface area contributed by atoms with E-state index in [-0.39, 0.29) is 99.1 Å². The summed E-state index contributed by atoms with van der Waals surface area (Å²) >= 11 is 0. The van der Waals surface area contributed by atoms with Crippen molar-refractivity contribution in [3.05, 3.63) is 186 Å². The second-order valence-corrected chi connectivity index (χ2v) is 34.4. The quantitative estimate of drug-likeness (QED) is 0.0310. The number of carbonyl (C=O) groups excluding carboxylic acids is 3. The van der Waals surface area contributed by atoms with Crippen LogP contribution < -0.4 is 40.0 Å². The first-order valence-corrected chi connectivity index (χ1v) is 45.2. The monoisotopic (exact) mass is 1820 g/mol. The summed E-state index contributed by atoms with van der Waals surface area (Å²) < 4.78 is 83.7. The molecule has 3 amide bonds. The van der Waals surface area contributed by atoms with Gasteiger partial charge in [0.25, 0.3) is 17.7 Å². The number of halogens is 3. The maximum Gasteiger partial charge on any atom is 0.253 e. The largest absolute Gasteiger partial charge is 0.486 e. The third-order valence-electron chi connectivity index (χ3n) is 25.4. The number of methoxy groups -OCH3 is 1. The molecule has 9 fully saturated rings. The Morgan fingerprint density at radius 3 is 1.23 bits per heavy atom. The van der Waals surface area contributed by atoms with Gasteiger partial charge in [0.1, 0.15) is 83.4 Å². The minimum absolute atomic E-state index is 0.157. The van der Waals surface area contributed by atoms with Crippen LogP contribution in [-0.4, -0.2) is 317 Å². The number of anilines is 8. The minimum atomic E-state index is -1.49. The number of ether oxygens (including phenoxy) is 7. The van der Waals surface area contributed by atoms with Crippen molar-refractivity contribution in [1.82, 2.24) is 59.3 Å². The fourth-order valence-corrected chi connectivity index (χ4v) is 17.9. The second kappa shape index (κ2) is 43.7. The van der Waals surface area contributed by atoms with Gasteiger partial charge in [0.15, 0.2) is 42.1 Å². The van der Waals surface area contributed by atoms with Crippen molar-refractivity contribution in [3.8, 4) is 69.6 Å². The summed E-state index contributed by atoms with van der Waals surface area (Å²) in [6.07, 6.45) is -2.54. The molecule has 0 saturated carbocycles. The number of piperidine rings is 3. The SMILES string of the molecule is COC[C@@H](O)C(=O)N1CC[C@H](Oc2ccc(-c3nccc(Nc4ccc(N5CCN(C6COC6)CC5)cc4)n3)cc2C#N)[C@H](F)C1.C[C@H](O)C(=O)N1CC[C@H](Oc2ccc(-c3nccc(Nc4ccc(N5CCN6CCOC[C@H]6C5)cc4)n3)cc2C#N)[C@H](F)C1.C[C@H](O)C(=O)N1CC[C@H](Oc2ccc(-c3nccc(Nc4ccc([C@H]5CCCN5C5COC5)cc4)n3)cc2C#N)[C@H](F)C1. The molecule has 9 aromatic rings. The van der Waals surface area contributed by atoms with Crippen LogP contribution in [0.15, 0.2) is 164 Å². The van der Waals surface area contributed by atoms with Crippen molar-refractivity contribution in [2.45, 2.75) is 125 Å². The summed E-state index contributed by atoms with van der Waals surface area (Å²) in [5.41, 5.74) is 8.90. The van der Waals surface area contributed by atoms with Crippen LogP contribution in [0, 0.1) is 34.0 Å². The van der Waals surface area contributed by atoms with E-state index in [1.807, 2.05) is 24.3 Å². The molecule has 18 rings (SSSR count). The number of fused-ring (bicyclic) bond motifs is 1. The molecule has 133 heavy (non-hydrogen) atoms. The number of likely N-dealkylation sites (tertiary alicyclic amines) is 4. The Morgan fingerprint density at radius 2 is 0.842 bits per heavy atom. The average molecular weight is 1820 g/mol. The molecule has 0 radical (unpaired) electrons. The number of nitrogens with zero attached hydrogens (tertiary/aromatic N) is 17. The second-order valence-electron chi connectivity index (χ2n) is 34.4. The average Bonchev–Trinajstić information content (AvgIpc) is 1.80. The molecule has 696 valence electrons. The molecule has 0 unspecified atom stereocenters. The molecule has 0 spiro atoms. The fourth-order valence-electron chi connectivity index (χ4n) is 17.9. The summed E-state index contributed by atoms with van der Waals surface area (Å²) in [5, 5.41) is 68.4. The molecule has 3 aromatic heterocycles. The zero-order chi connectivity index (χ0) is 92.6. The van der Waals surface area contributed by atoms with Gasteiger partial charge in [-0.15, -0.1) is 0 Å². The molecule has 6 aromatic carbocycles. The van der Waals surface area contributed by atoms with Crippen LogP contribution in [0.1, 0.15) is 74.2 Å². The number of carbonyl (C=O) groups is 3. The maximum atomic E-state index is 15.0. The highest BCUT2D eigenvalue weighted by Gasteiger charge is 2.41. The van der Waals surface area contributed by atoms with E-state index in [2.05, 4.69) is 137 Å². The fraction of sp³-hybridized carbons (Fsp3) is 0.443. The van der Waals surface area contributed by atoms with Gasteiger partial charge in [-0.25, -0.2) is 43.1 Å². The molecule has 12 heterocycles. The predicted octanol–water partition coefficient (Wildman–Crippen LogP) is 9.58. The number of benzene rings is 6. The topological polar surface area (TPSA) is 387 Å². The number of aliphatic hydroxyl groups excluding tert-OH is 3. The Labute approximate surface area is 769 Å². The Kier molecular flexibility index (Phi) is 30.7. The van der Waals surface area contributed by atoms with Gasteiger partial charge in [-0.05, 0) is 172 Å². The minimum Gasteiger partial charge on any atom is -0.486 e. The first-order valence-electron chi connectivity index (χ1n) is 45.2. The van der Waals surface area contributed by atoms with Crippen molar-refractivity contribution in [2.24, 2.45) is 0 Å². The molecule has 33 nitrogen and oxygen atoms in total. The Hall–Kier alpha value is -12.8. The van der Waals surface area contributed by atoms with E-state index in [4.69, 9.17) is 33.2 Å². The summed E-state index contributed by atoms with van der Waals surface area (Å²) in [7, 11) is 1.38. The molecule has 6 N–H and O–H groups in total. The molecule has 9 aliphatic heterocycles. The Bertz CT molecular complexity index is 5630. The molecular formula is C97H109F3N20O13. The van der Waals surface area contributed by atoms with Crippen molar-refractivity contribution in [1.29, 1.82) is 15.8 Å². The van der Waals surface area contributed by atoms with Crippen molar-refractivity contribution in [2.75, 3.05) is 177 Å². The summed E-state index contributed by atoms with van der Waals surface area (Å²) in [6.45, 7) is 16.9. The molecular weight excluding hydrogens is 1710 g/mol. The zero-order valence-electron chi connectivity index (χ0n) is 74.3. The van der Waals surface area contributed by atoms with E-state index in [1.54, 1.807) is 91.4 Å². The number of piperazine rings is 2. The number of alkyl halides is 3. The first kappa shape index (κ1) is 93.5. The summed E-state index contributed by atoms with van der Waals surface area (Å²) in [4.78, 5) is 79.7. The lowest BCUT2D eigenvalue weighted by molar-refractivity contribution is -0.146. The summed E-state index contributed by atoms with van der Waals surface area (Å²) in [6, 6.07) is 53.6. The van der Waals surface area contributed by atoms with Gasteiger partial charge < -0.3 is 88.9 Å². The third-order valence-corrected chi connectivity index (χ3v) is 25.4. The van der Waals surface area contributed by atoms with Crippen molar-refractivity contribution < 1.29 is 76.0 Å². The van der Waals surface area contributed by atoms with Crippen LogP contribution in [0.5, 0.6) is 17.2 Å². The Morgan fingerprint density at radius 1 is 0.451 bits per heavy atom. The standard InChI is InChI=1S/C33H38FN7O5.C32H36FN7O4.C32H35FN6O4/c1-44-21-28(42)33(43)41-11-9-30(27(34)18-41)46-29-7-2-22(16-23(29)17-35)32-36-10-8-31(38-32)37-24-3-5-25(6-4-24)39-12-14-40(15-13-39)26-19-45-20-26;1-21(41)32(42)40-11-9-29(27(33)19-40)44-28-7-2-22(16-23(28)17-34)31-35-10-8-30(37-31)36-24-3-5-25(6-4-24)39-13-12-38-14-15-43-20-26(38)18-39;1-20(40)32(41)38-14-11-29(26(33)17-38)43-28-9-6-22(15-23(28)16-34)31-35-12-10-30(37-31)36-24-7-4-21(5-8-24)27-3-2-13-39(27)25-18-42-19-25/h2-8,10,16,26-28,30,42H,9,11-15,18-21H2,1H3,(H,36,37,38);2-8,10,16,21,26-27,29,41H,9,11-15,18-20H2,1H3,(H,35,36,37);4-10,12,15,20,25-27,29,40H,2-3,11,13-14,17-19H2,1H3,(H,35,36,37)/t27-,28-,30+;21-,26+,27+,29-;20-,26+,27+,29-/m100/s1. The third kappa shape index (κ3) is 23.1. The number of morpholine rings is 1. The number of amides is 3. The number of nitrogens with one attached hydrogen (secondary N) is 3. The van der Waals surface area contributed by atoms with Gasteiger partial charge >= 0.3 is 0 Å². The lowest BCUT2D eigenvalue weighted by Crippen LogP contribution is -2.58. The van der Waals surface area contributed by atoms with E-state index >= 15 is 4.39 Å². The van der Waals surface area contributed by atoms with Crippen LogP contribution in [0.3, 0.4) is 0 Å². The number of nitriles is 3. The molecule has 11 atom stereocenters. The molecule has 9 saturated heterocycles. The van der Waals surface area contributed by atoms with Gasteiger partial charge in [0, 0.05) is 168 Å². The lowest BCUT2D eigenvalue weighted by atomic mass is 10.0. The van der Waals surface area contributed by atoms with Crippen LogP contribution in [-0.2, 0) is 33.3 Å². The van der Waals surface area contributed by atoms with Gasteiger partial charge in [-0.3, -0.25) is 29.1 Å². The van der Waals surface area contributed by atoms with E-state index < -0.39 is 72.9 Å². The number of rotatable bonds is 25. The highest BCUT2D eigenvalue weighted by atomic mass is 19.1. The van der Waals surface area contributed by atoms with Gasteiger partial charge in [0.05, 0.1) is 101 Å². The van der Waals surface area contributed by atoms with Gasteiger partial charge in [-0.2, -0.15) is 15.8 Å².